The number of ether oxygens (including phenoxy) is 2. The number of amides is 2. The van der Waals surface area contributed by atoms with Crippen molar-refractivity contribution in [1.82, 2.24) is 20.2 Å². The zero-order valence-corrected chi connectivity index (χ0v) is 20.7. The average molecular weight is 497 g/mol. The third-order valence-corrected chi connectivity index (χ3v) is 4.89. The van der Waals surface area contributed by atoms with Crippen LogP contribution in [0.25, 0.3) is 5.57 Å². The molecule has 1 saturated heterocycles. The quantitative estimate of drug-likeness (QED) is 0.423. The third kappa shape index (κ3) is 7.15. The normalized spacial score (nSPS) is 18.5. The van der Waals surface area contributed by atoms with Crippen LogP contribution in [0, 0.1) is 5.92 Å². The Morgan fingerprint density at radius 2 is 2.03 bits per heavy atom. The summed E-state index contributed by atoms with van der Waals surface area (Å²) in [5, 5.41) is 2.63. The molecule has 8 nitrogen and oxygen atoms in total. The summed E-state index contributed by atoms with van der Waals surface area (Å²) in [6, 6.07) is -1.04. The van der Waals surface area contributed by atoms with Crippen LogP contribution in [-0.4, -0.2) is 59.8 Å². The number of H-pyrrole nitrogens is 1. The molecular weight excluding hydrogens is 464 g/mol. The number of carbonyl (C=O) groups is 2. The molecule has 2 heterocycles. The first-order valence-electron chi connectivity index (χ1n) is 9.83. The summed E-state index contributed by atoms with van der Waals surface area (Å²) in [7, 11) is 3.25. The van der Waals surface area contributed by atoms with Crippen molar-refractivity contribution >= 4 is 33.8 Å². The molecule has 1 aromatic heterocycles. The van der Waals surface area contributed by atoms with Gasteiger partial charge in [0.2, 0.25) is 12.3 Å². The van der Waals surface area contributed by atoms with Gasteiger partial charge < -0.3 is 24.7 Å². The van der Waals surface area contributed by atoms with Crippen molar-refractivity contribution in [1.29, 1.82) is 0 Å². The Morgan fingerprint density at radius 1 is 1.42 bits per heavy atom. The van der Waals surface area contributed by atoms with Gasteiger partial charge in [-0.1, -0.05) is 49.0 Å². The number of carbonyl (C=O) groups excluding carboxylic acids is 2. The zero-order valence-electron chi connectivity index (χ0n) is 19.1. The number of halogens is 1. The first-order valence-corrected chi connectivity index (χ1v) is 10.6. The summed E-state index contributed by atoms with van der Waals surface area (Å²) in [5.74, 6) is 0.334. The molecule has 1 fully saturated rings. The highest BCUT2D eigenvalue weighted by Crippen LogP contribution is 2.37. The Kier molecular flexibility index (Phi) is 10.4. The van der Waals surface area contributed by atoms with Crippen LogP contribution in [0.1, 0.15) is 45.3 Å². The summed E-state index contributed by atoms with van der Waals surface area (Å²) >= 11 is 3.27. The van der Waals surface area contributed by atoms with Crippen LogP contribution in [0.2, 0.25) is 0 Å². The predicted molar refractivity (Wildman–Crippen MR) is 125 cm³/mol. The van der Waals surface area contributed by atoms with Crippen LogP contribution >= 0.6 is 15.9 Å². The lowest BCUT2D eigenvalue weighted by atomic mass is 10.0. The molecule has 0 radical (unpaired) electrons. The van der Waals surface area contributed by atoms with E-state index in [1.807, 2.05) is 33.8 Å². The Bertz CT molecular complexity index is 816. The van der Waals surface area contributed by atoms with Crippen molar-refractivity contribution in [2.75, 3.05) is 20.8 Å². The van der Waals surface area contributed by atoms with Gasteiger partial charge in [0.05, 0.1) is 18.5 Å². The van der Waals surface area contributed by atoms with Crippen LogP contribution in [0.15, 0.2) is 36.0 Å². The minimum Gasteiger partial charge on any atom is -0.388 e. The van der Waals surface area contributed by atoms with Crippen LogP contribution in [0.5, 0.6) is 0 Å². The SMILES string of the molecule is C=C(Br)/C=C\C(=C)c1cnc(C2COC(C)(C)N2C(=O)C(NC=O)C(C)C)[nH]1.COC. The Hall–Kier alpha value is -2.23. The summed E-state index contributed by atoms with van der Waals surface area (Å²) in [4.78, 5) is 33.5. The maximum absolute atomic E-state index is 13.2. The smallest absolute Gasteiger partial charge is 0.248 e. The van der Waals surface area contributed by atoms with E-state index in [9.17, 15) is 9.59 Å². The second kappa shape index (κ2) is 12.0. The van der Waals surface area contributed by atoms with E-state index in [2.05, 4.69) is 49.1 Å². The molecule has 0 saturated carbocycles. The lowest BCUT2D eigenvalue weighted by Crippen LogP contribution is -2.54. The Labute approximate surface area is 192 Å². The van der Waals surface area contributed by atoms with Gasteiger partial charge >= 0.3 is 0 Å². The first-order chi connectivity index (χ1) is 14.5. The number of allylic oxidation sites excluding steroid dienone is 4. The van der Waals surface area contributed by atoms with Gasteiger partial charge in [0.25, 0.3) is 0 Å². The van der Waals surface area contributed by atoms with Gasteiger partial charge in [-0.2, -0.15) is 0 Å². The summed E-state index contributed by atoms with van der Waals surface area (Å²) in [6.45, 7) is 15.5. The standard InChI is InChI=1S/C20H27BrN4O3.C2H6O/c1-12(2)17(23-11-26)19(27)25-16(10-28-20(25,5)6)18-22-9-15(24-18)13(3)7-8-14(4)21;1-3-2/h7-9,11-12,16-17H,3-4,10H2,1-2,5-6H3,(H,22,24)(H,23,26);1-2H3/b8-7-;. The zero-order chi connectivity index (χ0) is 23.8. The van der Waals surface area contributed by atoms with Crippen LogP contribution in [0.4, 0.5) is 0 Å². The molecule has 0 aliphatic carbocycles. The van der Waals surface area contributed by atoms with E-state index >= 15 is 0 Å². The highest BCUT2D eigenvalue weighted by molar-refractivity contribution is 9.11. The summed E-state index contributed by atoms with van der Waals surface area (Å²) in [5.41, 5.74) is 0.651. The van der Waals surface area contributed by atoms with Crippen LogP contribution in [0.3, 0.4) is 0 Å². The molecule has 2 rings (SSSR count). The van der Waals surface area contributed by atoms with Gasteiger partial charge in [0.1, 0.15) is 23.6 Å². The van der Waals surface area contributed by atoms with Gasteiger partial charge in [0, 0.05) is 18.7 Å². The third-order valence-electron chi connectivity index (χ3n) is 4.63. The highest BCUT2D eigenvalue weighted by Gasteiger charge is 2.47. The number of nitrogens with zero attached hydrogens (tertiary/aromatic N) is 2. The molecule has 0 bridgehead atoms. The lowest BCUT2D eigenvalue weighted by molar-refractivity contribution is -0.150. The fourth-order valence-corrected chi connectivity index (χ4v) is 3.28. The summed E-state index contributed by atoms with van der Waals surface area (Å²) < 4.78 is 10.9. The van der Waals surface area contributed by atoms with Crippen LogP contribution < -0.4 is 5.32 Å². The van der Waals surface area contributed by atoms with Crippen molar-refractivity contribution in [2.45, 2.75) is 45.5 Å². The van der Waals surface area contributed by atoms with E-state index in [4.69, 9.17) is 4.74 Å². The average Bonchev–Trinajstić information content (AvgIpc) is 3.28. The number of aromatic amines is 1. The van der Waals surface area contributed by atoms with Crippen molar-refractivity contribution in [3.8, 4) is 0 Å². The predicted octanol–water partition coefficient (Wildman–Crippen LogP) is 3.56. The number of nitrogens with one attached hydrogen (secondary N) is 2. The molecule has 1 aliphatic rings. The topological polar surface area (TPSA) is 96.5 Å². The lowest BCUT2D eigenvalue weighted by Gasteiger charge is -2.36. The minimum absolute atomic E-state index is 0.0656. The van der Waals surface area contributed by atoms with Gasteiger partial charge in [-0.3, -0.25) is 9.59 Å². The van der Waals surface area contributed by atoms with Crippen molar-refractivity contribution in [2.24, 2.45) is 5.92 Å². The second-order valence-electron chi connectivity index (χ2n) is 7.88. The fourth-order valence-electron chi connectivity index (χ4n) is 3.14. The molecule has 2 unspecified atom stereocenters. The highest BCUT2D eigenvalue weighted by atomic mass is 79.9. The van der Waals surface area contributed by atoms with E-state index < -0.39 is 17.8 Å². The van der Waals surface area contributed by atoms with Crippen LogP contribution in [-0.2, 0) is 19.1 Å². The van der Waals surface area contributed by atoms with Gasteiger partial charge in [-0.25, -0.2) is 4.98 Å². The molecule has 0 aromatic carbocycles. The minimum atomic E-state index is -0.822. The molecule has 31 heavy (non-hydrogen) atoms. The van der Waals surface area contributed by atoms with E-state index in [1.165, 1.54) is 0 Å². The Morgan fingerprint density at radius 3 is 2.55 bits per heavy atom. The monoisotopic (exact) mass is 496 g/mol. The van der Waals surface area contributed by atoms with Crippen molar-refractivity contribution in [3.63, 3.8) is 0 Å². The fraction of sp³-hybridized carbons (Fsp3) is 0.500. The molecule has 0 spiro atoms. The molecule has 2 N–H and O–H groups in total. The number of hydrogen-bond acceptors (Lipinski definition) is 5. The number of rotatable bonds is 8. The summed E-state index contributed by atoms with van der Waals surface area (Å²) in [6.07, 6.45) is 5.84. The Balaban J connectivity index is 0.00000151. The number of aromatic nitrogens is 2. The van der Waals surface area contributed by atoms with E-state index in [1.54, 1.807) is 31.4 Å². The van der Waals surface area contributed by atoms with Crippen molar-refractivity contribution in [3.05, 3.63) is 47.5 Å². The van der Waals surface area contributed by atoms with Gasteiger partial charge in [-0.15, -0.1) is 0 Å². The molecule has 172 valence electrons. The number of methoxy groups -OCH3 is 1. The maximum Gasteiger partial charge on any atom is 0.248 e. The van der Waals surface area contributed by atoms with E-state index in [0.717, 1.165) is 15.7 Å². The molecular formula is C22H33BrN4O4. The molecule has 1 aliphatic heterocycles. The number of imidazole rings is 1. The van der Waals surface area contributed by atoms with E-state index in [-0.39, 0.29) is 11.8 Å². The second-order valence-corrected chi connectivity index (χ2v) is 8.90. The molecule has 2 atom stereocenters. The molecule has 2 amide bonds. The van der Waals surface area contributed by atoms with Gasteiger partial charge in [0.15, 0.2) is 0 Å². The van der Waals surface area contributed by atoms with E-state index in [0.29, 0.717) is 18.8 Å². The molecule has 1 aromatic rings. The van der Waals surface area contributed by atoms with Gasteiger partial charge in [-0.05, 0) is 31.4 Å². The number of hydrogen-bond donors (Lipinski definition) is 2. The first kappa shape index (κ1) is 26.8. The largest absolute Gasteiger partial charge is 0.388 e. The van der Waals surface area contributed by atoms with Crippen molar-refractivity contribution < 1.29 is 19.1 Å². The maximum atomic E-state index is 13.2. The molecule has 9 heteroatoms.